The van der Waals surface area contributed by atoms with Gasteiger partial charge in [-0.25, -0.2) is 0 Å². The van der Waals surface area contributed by atoms with Gasteiger partial charge in [0.15, 0.2) is 5.84 Å². The maximum absolute atomic E-state index is 8.57. The minimum Gasteiger partial charge on any atom is -0.409 e. The van der Waals surface area contributed by atoms with Crippen molar-refractivity contribution in [2.24, 2.45) is 10.9 Å². The van der Waals surface area contributed by atoms with Crippen molar-refractivity contribution in [3.8, 4) is 0 Å². The van der Waals surface area contributed by atoms with Crippen LogP contribution in [0.3, 0.4) is 0 Å². The first-order valence-electron chi connectivity index (χ1n) is 6.47. The van der Waals surface area contributed by atoms with E-state index in [4.69, 9.17) is 10.9 Å². The number of amidine groups is 1. The van der Waals surface area contributed by atoms with Gasteiger partial charge < -0.3 is 16.3 Å². The van der Waals surface area contributed by atoms with E-state index in [0.29, 0.717) is 6.04 Å². The average molecular weight is 249 g/mol. The van der Waals surface area contributed by atoms with Crippen molar-refractivity contribution < 1.29 is 5.21 Å². The van der Waals surface area contributed by atoms with Gasteiger partial charge in [-0.2, -0.15) is 0 Å². The van der Waals surface area contributed by atoms with Crippen molar-refractivity contribution >= 4 is 5.84 Å². The standard InChI is InChI=1S/C14H23N3O/c1-3-4-5-11(2)16-10-12-6-8-13(9-7-12)14(15)17-18/h6-9,11,16,18H,3-5,10H2,1-2H3,(H2,15,17). The molecule has 1 aromatic carbocycles. The zero-order chi connectivity index (χ0) is 13.4. The molecule has 1 atom stereocenters. The molecular weight excluding hydrogens is 226 g/mol. The third-order valence-corrected chi connectivity index (χ3v) is 3.00. The van der Waals surface area contributed by atoms with E-state index in [9.17, 15) is 0 Å². The van der Waals surface area contributed by atoms with Gasteiger partial charge in [0.2, 0.25) is 0 Å². The van der Waals surface area contributed by atoms with Crippen LogP contribution in [0.25, 0.3) is 0 Å². The maximum Gasteiger partial charge on any atom is 0.170 e. The largest absolute Gasteiger partial charge is 0.409 e. The summed E-state index contributed by atoms with van der Waals surface area (Å²) in [4.78, 5) is 0. The van der Waals surface area contributed by atoms with Crippen molar-refractivity contribution in [1.82, 2.24) is 5.32 Å². The number of nitrogens with two attached hydrogens (primary N) is 1. The molecule has 1 rings (SSSR count). The van der Waals surface area contributed by atoms with Gasteiger partial charge in [-0.3, -0.25) is 0 Å². The number of nitrogens with one attached hydrogen (secondary N) is 1. The van der Waals surface area contributed by atoms with E-state index >= 15 is 0 Å². The molecule has 4 heteroatoms. The summed E-state index contributed by atoms with van der Waals surface area (Å²) >= 11 is 0. The van der Waals surface area contributed by atoms with Crippen LogP contribution in [0.1, 0.15) is 44.2 Å². The molecule has 0 amide bonds. The Hall–Kier alpha value is -1.55. The van der Waals surface area contributed by atoms with E-state index in [0.717, 1.165) is 12.1 Å². The SMILES string of the molecule is CCCCC(C)NCc1ccc(C(N)=NO)cc1. The molecule has 1 unspecified atom stereocenters. The molecule has 0 aromatic heterocycles. The zero-order valence-corrected chi connectivity index (χ0v) is 11.2. The highest BCUT2D eigenvalue weighted by Gasteiger charge is 2.02. The fraction of sp³-hybridized carbons (Fsp3) is 0.500. The summed E-state index contributed by atoms with van der Waals surface area (Å²) in [5.74, 6) is 0.144. The Morgan fingerprint density at radius 3 is 2.61 bits per heavy atom. The summed E-state index contributed by atoms with van der Waals surface area (Å²) in [6.07, 6.45) is 3.70. The van der Waals surface area contributed by atoms with Crippen molar-refractivity contribution in [2.75, 3.05) is 0 Å². The van der Waals surface area contributed by atoms with E-state index in [1.165, 1.54) is 24.8 Å². The lowest BCUT2D eigenvalue weighted by Gasteiger charge is -2.13. The van der Waals surface area contributed by atoms with Crippen LogP contribution in [-0.4, -0.2) is 17.1 Å². The molecule has 4 N–H and O–H groups in total. The first-order chi connectivity index (χ1) is 8.67. The molecule has 0 fully saturated rings. The number of rotatable bonds is 7. The van der Waals surface area contributed by atoms with Gasteiger partial charge in [0.25, 0.3) is 0 Å². The lowest BCUT2D eigenvalue weighted by molar-refractivity contribution is 0.318. The van der Waals surface area contributed by atoms with Gasteiger partial charge in [-0.1, -0.05) is 49.2 Å². The summed E-state index contributed by atoms with van der Waals surface area (Å²) < 4.78 is 0. The average Bonchev–Trinajstić information content (AvgIpc) is 2.42. The minimum absolute atomic E-state index is 0.144. The zero-order valence-electron chi connectivity index (χ0n) is 11.2. The molecule has 0 aliphatic rings. The quantitative estimate of drug-likeness (QED) is 0.301. The predicted molar refractivity (Wildman–Crippen MR) is 74.8 cm³/mol. The van der Waals surface area contributed by atoms with Crippen molar-refractivity contribution in [3.63, 3.8) is 0 Å². The van der Waals surface area contributed by atoms with E-state index < -0.39 is 0 Å². The highest BCUT2D eigenvalue weighted by Crippen LogP contribution is 2.06. The van der Waals surface area contributed by atoms with Crippen LogP contribution >= 0.6 is 0 Å². The monoisotopic (exact) mass is 249 g/mol. The van der Waals surface area contributed by atoms with Crippen LogP contribution in [0, 0.1) is 0 Å². The lowest BCUT2D eigenvalue weighted by atomic mass is 10.1. The van der Waals surface area contributed by atoms with Gasteiger partial charge in [-0.05, 0) is 18.9 Å². The Bertz CT molecular complexity index is 373. The van der Waals surface area contributed by atoms with Crippen LogP contribution in [-0.2, 0) is 6.54 Å². The van der Waals surface area contributed by atoms with Crippen molar-refractivity contribution in [2.45, 2.75) is 45.7 Å². The van der Waals surface area contributed by atoms with Crippen LogP contribution in [0.4, 0.5) is 0 Å². The molecule has 0 bridgehead atoms. The topological polar surface area (TPSA) is 70.6 Å². The van der Waals surface area contributed by atoms with E-state index in [-0.39, 0.29) is 5.84 Å². The number of nitrogens with zero attached hydrogens (tertiary/aromatic N) is 1. The Kier molecular flexibility index (Phi) is 6.22. The molecule has 0 radical (unpaired) electrons. The van der Waals surface area contributed by atoms with Gasteiger partial charge >= 0.3 is 0 Å². The summed E-state index contributed by atoms with van der Waals surface area (Å²) in [5, 5.41) is 15.0. The first-order valence-corrected chi connectivity index (χ1v) is 6.47. The number of hydrogen-bond donors (Lipinski definition) is 3. The second-order valence-electron chi connectivity index (χ2n) is 4.61. The molecule has 0 aliphatic heterocycles. The summed E-state index contributed by atoms with van der Waals surface area (Å²) in [6, 6.07) is 8.25. The van der Waals surface area contributed by atoms with Crippen LogP contribution < -0.4 is 11.1 Å². The van der Waals surface area contributed by atoms with E-state index in [1.807, 2.05) is 24.3 Å². The number of unbranched alkanes of at least 4 members (excludes halogenated alkanes) is 1. The maximum atomic E-state index is 8.57. The molecule has 0 saturated carbocycles. The third-order valence-electron chi connectivity index (χ3n) is 3.00. The predicted octanol–water partition coefficient (Wildman–Crippen LogP) is 2.45. The molecule has 0 spiro atoms. The molecule has 0 heterocycles. The highest BCUT2D eigenvalue weighted by molar-refractivity contribution is 5.96. The Labute approximate surface area is 109 Å². The summed E-state index contributed by atoms with van der Waals surface area (Å²) in [5.41, 5.74) is 7.44. The number of hydrogen-bond acceptors (Lipinski definition) is 3. The molecule has 100 valence electrons. The molecule has 4 nitrogen and oxygen atoms in total. The fourth-order valence-electron chi connectivity index (χ4n) is 1.76. The van der Waals surface area contributed by atoms with E-state index in [2.05, 4.69) is 24.3 Å². The highest BCUT2D eigenvalue weighted by atomic mass is 16.4. The van der Waals surface area contributed by atoms with Gasteiger partial charge in [-0.15, -0.1) is 0 Å². The van der Waals surface area contributed by atoms with Crippen LogP contribution in [0.15, 0.2) is 29.4 Å². The Balaban J connectivity index is 2.44. The van der Waals surface area contributed by atoms with Crippen LogP contribution in [0.2, 0.25) is 0 Å². The van der Waals surface area contributed by atoms with Gasteiger partial charge in [0.1, 0.15) is 0 Å². The number of benzene rings is 1. The van der Waals surface area contributed by atoms with Crippen molar-refractivity contribution in [3.05, 3.63) is 35.4 Å². The lowest BCUT2D eigenvalue weighted by Crippen LogP contribution is -2.25. The first kappa shape index (κ1) is 14.5. The molecule has 0 aliphatic carbocycles. The molecule has 1 aromatic rings. The minimum atomic E-state index is 0.144. The van der Waals surface area contributed by atoms with E-state index in [1.54, 1.807) is 0 Å². The van der Waals surface area contributed by atoms with Gasteiger partial charge in [0, 0.05) is 18.2 Å². The fourth-order valence-corrected chi connectivity index (χ4v) is 1.76. The Morgan fingerprint density at radius 2 is 2.06 bits per heavy atom. The van der Waals surface area contributed by atoms with Crippen LogP contribution in [0.5, 0.6) is 0 Å². The smallest absolute Gasteiger partial charge is 0.170 e. The number of oxime groups is 1. The normalized spacial score (nSPS) is 13.6. The third kappa shape index (κ3) is 4.75. The summed E-state index contributed by atoms with van der Waals surface area (Å²) in [7, 11) is 0. The second kappa shape index (κ2) is 7.71. The second-order valence-corrected chi connectivity index (χ2v) is 4.61. The summed E-state index contributed by atoms with van der Waals surface area (Å²) in [6.45, 7) is 5.26. The molecular formula is C14H23N3O. The Morgan fingerprint density at radius 1 is 1.39 bits per heavy atom. The van der Waals surface area contributed by atoms with Gasteiger partial charge in [0.05, 0.1) is 0 Å². The van der Waals surface area contributed by atoms with Crippen molar-refractivity contribution in [1.29, 1.82) is 0 Å². The molecule has 0 saturated heterocycles. The molecule has 18 heavy (non-hydrogen) atoms.